The zero-order chi connectivity index (χ0) is 16.4. The molecule has 0 heterocycles. The van der Waals surface area contributed by atoms with Crippen molar-refractivity contribution in [3.8, 4) is 0 Å². The minimum Gasteiger partial charge on any atom is -0.277 e. The maximum Gasteiger partial charge on any atom is 0.483 e. The van der Waals surface area contributed by atoms with Gasteiger partial charge in [-0.25, -0.2) is 17.6 Å². The van der Waals surface area contributed by atoms with Gasteiger partial charge < -0.3 is 0 Å². The third kappa shape index (κ3) is 3.84. The third-order valence-electron chi connectivity index (χ3n) is 1.80. The van der Waals surface area contributed by atoms with Gasteiger partial charge in [-0.15, -0.1) is 0 Å². The van der Waals surface area contributed by atoms with Gasteiger partial charge in [-0.3, -0.25) is 9.47 Å². The number of hydrogen-bond acceptors (Lipinski definition) is 2. The van der Waals surface area contributed by atoms with Crippen LogP contribution in [-0.2, 0) is 9.47 Å². The first-order valence-corrected chi connectivity index (χ1v) is 4.35. The summed E-state index contributed by atoms with van der Waals surface area (Å²) in [6, 6.07) is 0. The number of halogens is 11. The van der Waals surface area contributed by atoms with Crippen LogP contribution < -0.4 is 0 Å². The van der Waals surface area contributed by atoms with Crippen molar-refractivity contribution in [3.05, 3.63) is 0 Å². The van der Waals surface area contributed by atoms with Crippen LogP contribution in [0, 0.1) is 0 Å². The van der Waals surface area contributed by atoms with Gasteiger partial charge in [0.25, 0.3) is 0 Å². The Balaban J connectivity index is 5.48. The molecule has 0 aliphatic carbocycles. The molecule has 0 bridgehead atoms. The molecule has 0 rings (SSSR count). The summed E-state index contributed by atoms with van der Waals surface area (Å²) in [5.74, 6) is -10.7. The predicted octanol–water partition coefficient (Wildman–Crippen LogP) is 3.67. The molecule has 0 aromatic heterocycles. The van der Waals surface area contributed by atoms with Crippen LogP contribution >= 0.6 is 0 Å². The molecule has 20 heavy (non-hydrogen) atoms. The Morgan fingerprint density at radius 1 is 0.750 bits per heavy atom. The standard InChI is InChI=1S/C7H5F11O2/c8-1-4(12,19-3(10)11)5(13,2-9)20-7(17,18)6(14,15)16/h3H,1-2H2. The number of rotatable bonds is 7. The quantitative estimate of drug-likeness (QED) is 0.663. The Morgan fingerprint density at radius 2 is 1.15 bits per heavy atom. The van der Waals surface area contributed by atoms with Gasteiger partial charge in [-0.05, 0) is 0 Å². The lowest BCUT2D eigenvalue weighted by Gasteiger charge is -2.36. The second-order valence-electron chi connectivity index (χ2n) is 3.22. The largest absolute Gasteiger partial charge is 0.483 e. The van der Waals surface area contributed by atoms with E-state index in [-0.39, 0.29) is 0 Å². The van der Waals surface area contributed by atoms with Crippen LogP contribution in [0.25, 0.3) is 0 Å². The molecule has 0 fully saturated rings. The van der Waals surface area contributed by atoms with Crippen molar-refractivity contribution < 1.29 is 57.8 Å². The molecule has 0 aromatic rings. The summed E-state index contributed by atoms with van der Waals surface area (Å²) >= 11 is 0. The van der Waals surface area contributed by atoms with Crippen LogP contribution in [0.15, 0.2) is 0 Å². The van der Waals surface area contributed by atoms with Crippen molar-refractivity contribution in [1.82, 2.24) is 0 Å². The van der Waals surface area contributed by atoms with Crippen LogP contribution in [0.5, 0.6) is 0 Å². The highest BCUT2D eigenvalue weighted by Gasteiger charge is 2.69. The minimum atomic E-state index is -6.64. The first-order chi connectivity index (χ1) is 8.74. The zero-order valence-corrected chi connectivity index (χ0v) is 8.97. The van der Waals surface area contributed by atoms with Gasteiger partial charge in [0, 0.05) is 0 Å². The van der Waals surface area contributed by atoms with E-state index < -0.39 is 44.0 Å². The Kier molecular flexibility index (Phi) is 5.62. The van der Waals surface area contributed by atoms with E-state index in [0.717, 1.165) is 0 Å². The van der Waals surface area contributed by atoms with Gasteiger partial charge in [0.2, 0.25) is 0 Å². The minimum absolute atomic E-state index is 2.22. The highest BCUT2D eigenvalue weighted by Crippen LogP contribution is 2.45. The lowest BCUT2D eigenvalue weighted by molar-refractivity contribution is -0.476. The van der Waals surface area contributed by atoms with Gasteiger partial charge in [0.05, 0.1) is 0 Å². The van der Waals surface area contributed by atoms with Crippen molar-refractivity contribution in [3.63, 3.8) is 0 Å². The Bertz CT molecular complexity index is 318. The average molecular weight is 330 g/mol. The molecule has 2 unspecified atom stereocenters. The fraction of sp³-hybridized carbons (Fsp3) is 1.00. The van der Waals surface area contributed by atoms with Crippen LogP contribution in [0.1, 0.15) is 0 Å². The summed E-state index contributed by atoms with van der Waals surface area (Å²) in [5, 5.41) is 0. The molecular formula is C7H5F11O2. The van der Waals surface area contributed by atoms with Gasteiger partial charge in [-0.1, -0.05) is 0 Å². The monoisotopic (exact) mass is 330 g/mol. The normalized spacial score (nSPS) is 19.8. The van der Waals surface area contributed by atoms with Crippen molar-refractivity contribution in [2.24, 2.45) is 0 Å². The molecule has 0 saturated heterocycles. The van der Waals surface area contributed by atoms with E-state index in [9.17, 15) is 48.3 Å². The molecule has 0 N–H and O–H groups in total. The molecule has 2 nitrogen and oxygen atoms in total. The molecule has 0 saturated carbocycles. The summed E-state index contributed by atoms with van der Waals surface area (Å²) in [7, 11) is 0. The van der Waals surface area contributed by atoms with E-state index >= 15 is 0 Å². The Hall–Kier alpha value is -0.850. The number of hydrogen-bond donors (Lipinski definition) is 0. The van der Waals surface area contributed by atoms with Gasteiger partial charge >= 0.3 is 30.6 Å². The molecule has 0 spiro atoms. The summed E-state index contributed by atoms with van der Waals surface area (Å²) in [6.45, 7) is -10.5. The van der Waals surface area contributed by atoms with Crippen molar-refractivity contribution in [1.29, 1.82) is 0 Å². The maximum atomic E-state index is 13.3. The smallest absolute Gasteiger partial charge is 0.277 e. The number of alkyl halides is 11. The first kappa shape index (κ1) is 19.1. The molecule has 0 aliphatic rings. The van der Waals surface area contributed by atoms with E-state index in [2.05, 4.69) is 9.47 Å². The molecule has 0 aliphatic heterocycles. The molecule has 0 aromatic carbocycles. The van der Waals surface area contributed by atoms with E-state index in [0.29, 0.717) is 0 Å². The fourth-order valence-corrected chi connectivity index (χ4v) is 0.825. The SMILES string of the molecule is FCC(F)(OC(F)F)C(F)(CF)OC(F)(F)C(F)(F)F. The van der Waals surface area contributed by atoms with Crippen LogP contribution in [0.4, 0.5) is 48.3 Å². The maximum absolute atomic E-state index is 13.3. The van der Waals surface area contributed by atoms with E-state index in [1.54, 1.807) is 0 Å². The Morgan fingerprint density at radius 3 is 1.40 bits per heavy atom. The van der Waals surface area contributed by atoms with Crippen LogP contribution in [0.2, 0.25) is 0 Å². The summed E-state index contributed by atoms with van der Waals surface area (Å²) < 4.78 is 139. The van der Waals surface area contributed by atoms with Crippen LogP contribution in [0.3, 0.4) is 0 Å². The van der Waals surface area contributed by atoms with E-state index in [1.165, 1.54) is 0 Å². The molecule has 13 heteroatoms. The topological polar surface area (TPSA) is 18.5 Å². The number of ether oxygens (including phenoxy) is 2. The van der Waals surface area contributed by atoms with Crippen LogP contribution in [-0.4, -0.2) is 44.0 Å². The lowest BCUT2D eigenvalue weighted by atomic mass is 10.1. The van der Waals surface area contributed by atoms with Gasteiger partial charge in [-0.2, -0.15) is 30.7 Å². The highest BCUT2D eigenvalue weighted by atomic mass is 19.4. The fourth-order valence-electron chi connectivity index (χ4n) is 0.825. The molecular weight excluding hydrogens is 325 g/mol. The lowest BCUT2D eigenvalue weighted by Crippen LogP contribution is -2.60. The first-order valence-electron chi connectivity index (χ1n) is 4.35. The summed E-state index contributed by atoms with van der Waals surface area (Å²) in [6.07, 6.45) is -13.1. The summed E-state index contributed by atoms with van der Waals surface area (Å²) in [4.78, 5) is 0. The summed E-state index contributed by atoms with van der Waals surface area (Å²) in [5.41, 5.74) is 0. The van der Waals surface area contributed by atoms with Crippen molar-refractivity contribution in [2.45, 2.75) is 30.6 Å². The predicted molar refractivity (Wildman–Crippen MR) is 38.8 cm³/mol. The third-order valence-corrected chi connectivity index (χ3v) is 1.80. The average Bonchev–Trinajstić information content (AvgIpc) is 2.25. The Labute approximate surface area is 103 Å². The van der Waals surface area contributed by atoms with Gasteiger partial charge in [0.15, 0.2) is 13.3 Å². The van der Waals surface area contributed by atoms with E-state index in [1.807, 2.05) is 0 Å². The van der Waals surface area contributed by atoms with Gasteiger partial charge in [0.1, 0.15) is 0 Å². The molecule has 0 radical (unpaired) electrons. The van der Waals surface area contributed by atoms with E-state index in [4.69, 9.17) is 0 Å². The second kappa shape index (κ2) is 5.87. The molecule has 122 valence electrons. The van der Waals surface area contributed by atoms with Crippen molar-refractivity contribution >= 4 is 0 Å². The van der Waals surface area contributed by atoms with Crippen molar-refractivity contribution in [2.75, 3.05) is 13.3 Å². The highest BCUT2D eigenvalue weighted by molar-refractivity contribution is 4.89. The second-order valence-corrected chi connectivity index (χ2v) is 3.22. The zero-order valence-electron chi connectivity index (χ0n) is 8.97. The molecule has 0 amide bonds. The molecule has 2 atom stereocenters.